The summed E-state index contributed by atoms with van der Waals surface area (Å²) >= 11 is 0. The third-order valence-corrected chi connectivity index (χ3v) is 2.90. The second-order valence-electron chi connectivity index (χ2n) is 4.54. The van der Waals surface area contributed by atoms with Crippen molar-refractivity contribution < 1.29 is 9.47 Å². The van der Waals surface area contributed by atoms with Crippen LogP contribution in [-0.4, -0.2) is 53.9 Å². The van der Waals surface area contributed by atoms with E-state index in [4.69, 9.17) is 14.7 Å². The van der Waals surface area contributed by atoms with E-state index in [0.29, 0.717) is 44.2 Å². The minimum absolute atomic E-state index is 0.293. The highest BCUT2D eigenvalue weighted by molar-refractivity contribution is 5.39. The van der Waals surface area contributed by atoms with Gasteiger partial charge in [0.1, 0.15) is 0 Å². The van der Waals surface area contributed by atoms with Gasteiger partial charge in [0, 0.05) is 13.1 Å². The van der Waals surface area contributed by atoms with Crippen LogP contribution in [0, 0.1) is 11.3 Å². The van der Waals surface area contributed by atoms with Gasteiger partial charge in [0.25, 0.3) is 0 Å². The number of rotatable bonds is 6. The fraction of sp³-hybridized carbons (Fsp3) is 0.692. The lowest BCUT2D eigenvalue weighted by molar-refractivity contribution is 0.0757. The summed E-state index contributed by atoms with van der Waals surface area (Å²) in [6, 6.07) is 2.40. The zero-order valence-corrected chi connectivity index (χ0v) is 12.4. The average Bonchev–Trinajstić information content (AvgIpc) is 2.53. The van der Waals surface area contributed by atoms with E-state index in [0.717, 1.165) is 13.0 Å². The van der Waals surface area contributed by atoms with Crippen LogP contribution >= 0.6 is 0 Å². The summed E-state index contributed by atoms with van der Waals surface area (Å²) in [6.45, 7) is 6.77. The number of nitriles is 1. The van der Waals surface area contributed by atoms with Gasteiger partial charge in [-0.2, -0.15) is 20.2 Å². The van der Waals surface area contributed by atoms with E-state index in [-0.39, 0.29) is 0 Å². The maximum absolute atomic E-state index is 8.97. The first-order valence-corrected chi connectivity index (χ1v) is 7.15. The van der Waals surface area contributed by atoms with Crippen molar-refractivity contribution in [2.75, 3.05) is 43.1 Å². The van der Waals surface area contributed by atoms with E-state index in [1.807, 2.05) is 11.8 Å². The highest BCUT2D eigenvalue weighted by Gasteiger charge is 2.23. The molecule has 0 aromatic carbocycles. The Morgan fingerprint density at radius 2 is 2.29 bits per heavy atom. The molecule has 1 atom stereocenters. The molecule has 0 bridgehead atoms. The van der Waals surface area contributed by atoms with Gasteiger partial charge in [-0.15, -0.1) is 0 Å². The summed E-state index contributed by atoms with van der Waals surface area (Å²) in [5.74, 6) is 1.00. The lowest BCUT2D eigenvalue weighted by Crippen LogP contribution is -2.42. The van der Waals surface area contributed by atoms with E-state index >= 15 is 0 Å². The van der Waals surface area contributed by atoms with Crippen LogP contribution in [0.3, 0.4) is 0 Å². The summed E-state index contributed by atoms with van der Waals surface area (Å²) in [5, 5.41) is 12.1. The Balaban J connectivity index is 2.20. The number of nitrogens with zero attached hydrogens (tertiary/aromatic N) is 5. The predicted molar refractivity (Wildman–Crippen MR) is 77.3 cm³/mol. The second kappa shape index (κ2) is 7.59. The maximum Gasteiger partial charge on any atom is 0.323 e. The Labute approximate surface area is 124 Å². The summed E-state index contributed by atoms with van der Waals surface area (Å²) in [6.07, 6.45) is 0.511. The first-order chi connectivity index (χ1) is 10.3. The first-order valence-electron chi connectivity index (χ1n) is 7.15. The zero-order chi connectivity index (χ0) is 15.1. The minimum Gasteiger partial charge on any atom is -0.464 e. The van der Waals surface area contributed by atoms with Gasteiger partial charge in [0.15, 0.2) is 6.10 Å². The lowest BCUT2D eigenvalue weighted by Gasteiger charge is -2.29. The molecule has 1 aliphatic rings. The van der Waals surface area contributed by atoms with Gasteiger partial charge in [-0.1, -0.05) is 6.92 Å². The molecule has 1 saturated heterocycles. The Hall–Kier alpha value is -2.14. The number of anilines is 2. The number of ether oxygens (including phenoxy) is 2. The normalized spacial score (nSPS) is 18.1. The molecule has 2 rings (SSSR count). The Kier molecular flexibility index (Phi) is 5.51. The van der Waals surface area contributed by atoms with Gasteiger partial charge in [-0.25, -0.2) is 0 Å². The van der Waals surface area contributed by atoms with E-state index in [9.17, 15) is 0 Å². The quantitative estimate of drug-likeness (QED) is 0.823. The molecule has 0 amide bonds. The molecule has 1 N–H and O–H groups in total. The number of hydrogen-bond acceptors (Lipinski definition) is 8. The van der Waals surface area contributed by atoms with E-state index < -0.39 is 6.10 Å². The Bertz CT molecular complexity index is 504. The molecule has 8 nitrogen and oxygen atoms in total. The maximum atomic E-state index is 8.97. The van der Waals surface area contributed by atoms with Crippen molar-refractivity contribution >= 4 is 11.9 Å². The van der Waals surface area contributed by atoms with Gasteiger partial charge in [-0.3, -0.25) is 0 Å². The van der Waals surface area contributed by atoms with Crippen LogP contribution in [0.5, 0.6) is 6.01 Å². The van der Waals surface area contributed by atoms with Crippen molar-refractivity contribution in [3.63, 3.8) is 0 Å². The molecule has 1 aromatic heterocycles. The van der Waals surface area contributed by atoms with Gasteiger partial charge in [0.05, 0.1) is 25.8 Å². The molecule has 1 aromatic rings. The molecule has 1 unspecified atom stereocenters. The molecule has 8 heteroatoms. The molecule has 2 heterocycles. The molecule has 1 aliphatic heterocycles. The fourth-order valence-corrected chi connectivity index (χ4v) is 1.91. The third kappa shape index (κ3) is 4.16. The summed E-state index contributed by atoms with van der Waals surface area (Å²) < 4.78 is 10.7. The number of nitrogens with one attached hydrogen (secondary N) is 1. The first kappa shape index (κ1) is 15.3. The summed E-state index contributed by atoms with van der Waals surface area (Å²) in [5.41, 5.74) is 0. The number of aromatic nitrogens is 3. The van der Waals surface area contributed by atoms with Crippen LogP contribution in [0.1, 0.15) is 20.3 Å². The van der Waals surface area contributed by atoms with Gasteiger partial charge in [0.2, 0.25) is 11.9 Å². The standard InChI is InChI=1S/C13H20N6O2/c1-3-5-15-11-16-12(18-13(17-11)20-4-2)19-6-7-21-10(8-14)9-19/h10H,3-7,9H2,1-2H3,(H,15,16,17,18). The van der Waals surface area contributed by atoms with Crippen molar-refractivity contribution in [1.82, 2.24) is 15.0 Å². The molecule has 114 valence electrons. The topological polar surface area (TPSA) is 96.2 Å². The van der Waals surface area contributed by atoms with Crippen molar-refractivity contribution in [3.8, 4) is 12.1 Å². The molecule has 1 fully saturated rings. The Morgan fingerprint density at radius 1 is 1.43 bits per heavy atom. The van der Waals surface area contributed by atoms with Crippen LogP contribution in [0.2, 0.25) is 0 Å². The van der Waals surface area contributed by atoms with Crippen molar-refractivity contribution in [2.45, 2.75) is 26.4 Å². The molecule has 0 aliphatic carbocycles. The Morgan fingerprint density at radius 3 is 3.00 bits per heavy atom. The van der Waals surface area contributed by atoms with Gasteiger partial charge >= 0.3 is 6.01 Å². The SMILES string of the molecule is CCCNc1nc(OCC)nc(N2CCOC(C#N)C2)n1. The highest BCUT2D eigenvalue weighted by Crippen LogP contribution is 2.17. The minimum atomic E-state index is -0.460. The van der Waals surface area contributed by atoms with Gasteiger partial charge in [-0.05, 0) is 13.3 Å². The van der Waals surface area contributed by atoms with Crippen LogP contribution in [-0.2, 0) is 4.74 Å². The summed E-state index contributed by atoms with van der Waals surface area (Å²) in [4.78, 5) is 14.8. The van der Waals surface area contributed by atoms with Crippen LogP contribution in [0.25, 0.3) is 0 Å². The predicted octanol–water partition coefficient (Wildman–Crippen LogP) is 0.821. The van der Waals surface area contributed by atoms with Crippen molar-refractivity contribution in [2.24, 2.45) is 0 Å². The number of morpholine rings is 1. The van der Waals surface area contributed by atoms with E-state index in [1.165, 1.54) is 0 Å². The largest absolute Gasteiger partial charge is 0.464 e. The van der Waals surface area contributed by atoms with Gasteiger partial charge < -0.3 is 19.7 Å². The smallest absolute Gasteiger partial charge is 0.323 e. The van der Waals surface area contributed by atoms with Crippen molar-refractivity contribution in [1.29, 1.82) is 5.26 Å². The highest BCUT2D eigenvalue weighted by atomic mass is 16.5. The lowest BCUT2D eigenvalue weighted by atomic mass is 10.3. The third-order valence-electron chi connectivity index (χ3n) is 2.90. The second-order valence-corrected chi connectivity index (χ2v) is 4.54. The van der Waals surface area contributed by atoms with Crippen LogP contribution < -0.4 is 15.0 Å². The van der Waals surface area contributed by atoms with Crippen LogP contribution in [0.4, 0.5) is 11.9 Å². The fourth-order valence-electron chi connectivity index (χ4n) is 1.91. The van der Waals surface area contributed by atoms with E-state index in [1.54, 1.807) is 0 Å². The van der Waals surface area contributed by atoms with Crippen molar-refractivity contribution in [3.05, 3.63) is 0 Å². The molecule has 21 heavy (non-hydrogen) atoms. The molecule has 0 radical (unpaired) electrons. The zero-order valence-electron chi connectivity index (χ0n) is 12.4. The molecular weight excluding hydrogens is 272 g/mol. The molecule has 0 saturated carbocycles. The monoisotopic (exact) mass is 292 g/mol. The van der Waals surface area contributed by atoms with E-state index in [2.05, 4.69) is 33.3 Å². The average molecular weight is 292 g/mol. The molecule has 0 spiro atoms. The van der Waals surface area contributed by atoms with Crippen LogP contribution in [0.15, 0.2) is 0 Å². The molecular formula is C13H20N6O2. The summed E-state index contributed by atoms with van der Waals surface area (Å²) in [7, 11) is 0. The number of hydrogen-bond donors (Lipinski definition) is 1.